The SMILES string of the molecule is CC(C)(C)OC(=O)Nc1ccc(F)c(CCC#N)c1. The van der Waals surface area contributed by atoms with Crippen LogP contribution in [0.2, 0.25) is 0 Å². The molecular weight excluding hydrogens is 247 g/mol. The van der Waals surface area contributed by atoms with Crippen molar-refractivity contribution >= 4 is 11.8 Å². The zero-order chi connectivity index (χ0) is 14.5. The largest absolute Gasteiger partial charge is 0.444 e. The summed E-state index contributed by atoms with van der Waals surface area (Å²) >= 11 is 0. The summed E-state index contributed by atoms with van der Waals surface area (Å²) in [5.74, 6) is -0.384. The van der Waals surface area contributed by atoms with E-state index in [2.05, 4.69) is 5.32 Å². The second kappa shape index (κ2) is 6.19. The highest BCUT2D eigenvalue weighted by molar-refractivity contribution is 5.84. The minimum Gasteiger partial charge on any atom is -0.444 e. The molecule has 0 aliphatic rings. The Morgan fingerprint density at radius 1 is 1.47 bits per heavy atom. The minimum atomic E-state index is -0.592. The van der Waals surface area contributed by atoms with Gasteiger partial charge in [-0.15, -0.1) is 0 Å². The van der Waals surface area contributed by atoms with Gasteiger partial charge < -0.3 is 4.74 Å². The number of carbonyl (C=O) groups is 1. The molecule has 0 heterocycles. The molecule has 0 unspecified atom stereocenters. The number of anilines is 1. The highest BCUT2D eigenvalue weighted by Crippen LogP contribution is 2.17. The molecule has 0 saturated heterocycles. The van der Waals surface area contributed by atoms with E-state index < -0.39 is 11.7 Å². The molecule has 0 spiro atoms. The second-order valence-electron chi connectivity index (χ2n) is 5.09. The van der Waals surface area contributed by atoms with E-state index in [0.29, 0.717) is 17.7 Å². The molecule has 0 radical (unpaired) electrons. The molecule has 1 aromatic rings. The third-order valence-electron chi connectivity index (χ3n) is 2.20. The number of hydrogen-bond donors (Lipinski definition) is 1. The maximum atomic E-state index is 13.4. The highest BCUT2D eigenvalue weighted by Gasteiger charge is 2.16. The van der Waals surface area contributed by atoms with Crippen molar-refractivity contribution in [2.45, 2.75) is 39.2 Å². The van der Waals surface area contributed by atoms with Crippen LogP contribution in [0.25, 0.3) is 0 Å². The first-order chi connectivity index (χ1) is 8.81. The number of rotatable bonds is 3. The van der Waals surface area contributed by atoms with Gasteiger partial charge >= 0.3 is 6.09 Å². The number of hydrogen-bond acceptors (Lipinski definition) is 3. The van der Waals surface area contributed by atoms with Crippen molar-refractivity contribution in [1.82, 2.24) is 0 Å². The first-order valence-corrected chi connectivity index (χ1v) is 5.97. The van der Waals surface area contributed by atoms with Crippen LogP contribution < -0.4 is 5.32 Å². The fourth-order valence-corrected chi connectivity index (χ4v) is 1.46. The normalized spacial score (nSPS) is 10.7. The Labute approximate surface area is 112 Å². The molecule has 1 amide bonds. The van der Waals surface area contributed by atoms with Gasteiger partial charge in [0.25, 0.3) is 0 Å². The van der Waals surface area contributed by atoms with E-state index in [4.69, 9.17) is 10.00 Å². The number of nitriles is 1. The summed E-state index contributed by atoms with van der Waals surface area (Å²) in [4.78, 5) is 11.6. The number of benzene rings is 1. The Bertz CT molecular complexity index is 501. The maximum Gasteiger partial charge on any atom is 0.412 e. The molecule has 1 aromatic carbocycles. The monoisotopic (exact) mass is 264 g/mol. The van der Waals surface area contributed by atoms with Gasteiger partial charge in [0.05, 0.1) is 6.07 Å². The molecule has 19 heavy (non-hydrogen) atoms. The summed E-state index contributed by atoms with van der Waals surface area (Å²) in [6.45, 7) is 5.28. The van der Waals surface area contributed by atoms with Crippen molar-refractivity contribution in [2.75, 3.05) is 5.32 Å². The predicted octanol–water partition coefficient (Wildman–Crippen LogP) is 3.63. The van der Waals surface area contributed by atoms with Gasteiger partial charge in [-0.05, 0) is 51.0 Å². The van der Waals surface area contributed by atoms with E-state index in [-0.39, 0.29) is 12.2 Å². The van der Waals surface area contributed by atoms with Gasteiger partial charge in [-0.1, -0.05) is 0 Å². The topological polar surface area (TPSA) is 62.1 Å². The first kappa shape index (κ1) is 15.0. The third kappa shape index (κ3) is 5.38. The molecule has 0 aliphatic carbocycles. The summed E-state index contributed by atoms with van der Waals surface area (Å²) in [6, 6.07) is 6.18. The van der Waals surface area contributed by atoms with Gasteiger partial charge in [0, 0.05) is 12.1 Å². The number of aryl methyl sites for hydroxylation is 1. The number of nitrogens with zero attached hydrogens (tertiary/aromatic N) is 1. The smallest absolute Gasteiger partial charge is 0.412 e. The molecule has 0 aliphatic heterocycles. The molecule has 0 bridgehead atoms. The van der Waals surface area contributed by atoms with Gasteiger partial charge in [0.15, 0.2) is 0 Å². The number of amides is 1. The van der Waals surface area contributed by atoms with Crippen molar-refractivity contribution in [3.63, 3.8) is 0 Å². The maximum absolute atomic E-state index is 13.4. The van der Waals surface area contributed by atoms with E-state index in [1.54, 1.807) is 20.8 Å². The van der Waals surface area contributed by atoms with Crippen LogP contribution in [0.4, 0.5) is 14.9 Å². The second-order valence-corrected chi connectivity index (χ2v) is 5.09. The predicted molar refractivity (Wildman–Crippen MR) is 70.2 cm³/mol. The van der Waals surface area contributed by atoms with Gasteiger partial charge in [-0.25, -0.2) is 9.18 Å². The molecule has 0 fully saturated rings. The standard InChI is InChI=1S/C14H17FN2O2/c1-14(2,3)19-13(18)17-11-6-7-12(15)10(9-11)5-4-8-16/h6-7,9H,4-5H2,1-3H3,(H,17,18). The number of carbonyl (C=O) groups excluding carboxylic acids is 1. The molecular formula is C14H17FN2O2. The molecule has 0 atom stereocenters. The van der Waals surface area contributed by atoms with E-state index in [1.165, 1.54) is 18.2 Å². The Morgan fingerprint density at radius 2 is 2.16 bits per heavy atom. The van der Waals surface area contributed by atoms with E-state index in [1.807, 2.05) is 6.07 Å². The van der Waals surface area contributed by atoms with Gasteiger partial charge in [-0.2, -0.15) is 5.26 Å². The zero-order valence-electron chi connectivity index (χ0n) is 11.3. The summed E-state index contributed by atoms with van der Waals surface area (Å²) in [5.41, 5.74) is 0.256. The fraction of sp³-hybridized carbons (Fsp3) is 0.429. The first-order valence-electron chi connectivity index (χ1n) is 5.97. The van der Waals surface area contributed by atoms with E-state index >= 15 is 0 Å². The van der Waals surface area contributed by atoms with Crippen molar-refractivity contribution in [1.29, 1.82) is 5.26 Å². The molecule has 102 valence electrons. The lowest BCUT2D eigenvalue weighted by Gasteiger charge is -2.19. The van der Waals surface area contributed by atoms with Crippen LogP contribution >= 0.6 is 0 Å². The summed E-state index contributed by atoms with van der Waals surface area (Å²) in [6.07, 6.45) is -0.0516. The van der Waals surface area contributed by atoms with E-state index in [0.717, 1.165) is 0 Å². The van der Waals surface area contributed by atoms with Crippen LogP contribution in [0.5, 0.6) is 0 Å². The Morgan fingerprint density at radius 3 is 2.74 bits per heavy atom. The fourth-order valence-electron chi connectivity index (χ4n) is 1.46. The molecule has 1 N–H and O–H groups in total. The van der Waals surface area contributed by atoms with Crippen molar-refractivity contribution in [2.24, 2.45) is 0 Å². The molecule has 4 nitrogen and oxygen atoms in total. The van der Waals surface area contributed by atoms with Crippen molar-refractivity contribution in [3.8, 4) is 6.07 Å². The van der Waals surface area contributed by atoms with Crippen molar-refractivity contribution in [3.05, 3.63) is 29.6 Å². The minimum absolute atomic E-state index is 0.229. The highest BCUT2D eigenvalue weighted by atomic mass is 19.1. The Kier molecular flexibility index (Phi) is 4.87. The van der Waals surface area contributed by atoms with Gasteiger partial charge in [0.2, 0.25) is 0 Å². The summed E-state index contributed by atoms with van der Waals surface area (Å²) in [5, 5.41) is 11.0. The van der Waals surface area contributed by atoms with Crippen LogP contribution in [0.1, 0.15) is 32.8 Å². The zero-order valence-corrected chi connectivity index (χ0v) is 11.3. The number of nitrogens with one attached hydrogen (secondary N) is 1. The number of halogens is 1. The average Bonchev–Trinajstić information content (AvgIpc) is 2.27. The number of ether oxygens (including phenoxy) is 1. The molecule has 1 rings (SSSR count). The van der Waals surface area contributed by atoms with Gasteiger partial charge in [-0.3, -0.25) is 5.32 Å². The van der Waals surface area contributed by atoms with Crippen LogP contribution in [-0.2, 0) is 11.2 Å². The molecule has 5 heteroatoms. The molecule has 0 aromatic heterocycles. The Hall–Kier alpha value is -2.09. The van der Waals surface area contributed by atoms with Crippen LogP contribution in [-0.4, -0.2) is 11.7 Å². The summed E-state index contributed by atoms with van der Waals surface area (Å²) < 4.78 is 18.5. The summed E-state index contributed by atoms with van der Waals surface area (Å²) in [7, 11) is 0. The third-order valence-corrected chi connectivity index (χ3v) is 2.20. The lowest BCUT2D eigenvalue weighted by molar-refractivity contribution is 0.0636. The average molecular weight is 264 g/mol. The quantitative estimate of drug-likeness (QED) is 0.906. The van der Waals surface area contributed by atoms with Crippen molar-refractivity contribution < 1.29 is 13.9 Å². The van der Waals surface area contributed by atoms with E-state index in [9.17, 15) is 9.18 Å². The van der Waals surface area contributed by atoms with Gasteiger partial charge in [0.1, 0.15) is 11.4 Å². The lowest BCUT2D eigenvalue weighted by atomic mass is 10.1. The Balaban J connectivity index is 2.74. The molecule has 0 saturated carbocycles. The van der Waals surface area contributed by atoms with Crippen LogP contribution in [0, 0.1) is 17.1 Å². The van der Waals surface area contributed by atoms with Crippen LogP contribution in [0.15, 0.2) is 18.2 Å². The van der Waals surface area contributed by atoms with Crippen LogP contribution in [0.3, 0.4) is 0 Å². The lowest BCUT2D eigenvalue weighted by Crippen LogP contribution is -2.27.